The fourth-order valence-corrected chi connectivity index (χ4v) is 2.74. The fraction of sp³-hybridized carbons (Fsp3) is 0.636. The van der Waals surface area contributed by atoms with Crippen LogP contribution in [0.5, 0.6) is 0 Å². The molecule has 0 aliphatic heterocycles. The number of hydrogen-bond acceptors (Lipinski definition) is 4. The lowest BCUT2D eigenvalue weighted by Crippen LogP contribution is -2.28. The third kappa shape index (κ3) is 3.93. The molecule has 0 saturated heterocycles. The highest BCUT2D eigenvalue weighted by Gasteiger charge is 2.20. The maximum atomic E-state index is 11.7. The van der Waals surface area contributed by atoms with Gasteiger partial charge in [-0.3, -0.25) is 0 Å². The molecule has 0 amide bonds. The first-order valence-electron chi connectivity index (χ1n) is 5.72. The lowest BCUT2D eigenvalue weighted by Gasteiger charge is -2.15. The molecule has 1 N–H and O–H groups in total. The Labute approximate surface area is 110 Å². The zero-order valence-electron chi connectivity index (χ0n) is 11.0. The minimum Gasteiger partial charge on any atom is -0.448 e. The van der Waals surface area contributed by atoms with Gasteiger partial charge in [-0.05, 0) is 32.4 Å². The van der Waals surface area contributed by atoms with Crippen molar-refractivity contribution >= 4 is 20.8 Å². The molecule has 1 aromatic rings. The van der Waals surface area contributed by atoms with E-state index in [4.69, 9.17) is 4.42 Å². The Kier molecular flexibility index (Phi) is 5.12. The second kappa shape index (κ2) is 5.99. The first kappa shape index (κ1) is 15.4. The second-order valence-corrected chi connectivity index (χ2v) is 8.07. The van der Waals surface area contributed by atoms with Gasteiger partial charge in [0.2, 0.25) is 14.9 Å². The van der Waals surface area contributed by atoms with Crippen molar-refractivity contribution in [3.8, 4) is 0 Å². The lowest BCUT2D eigenvalue weighted by atomic mass is 10.2. The Balaban J connectivity index is 2.90. The summed E-state index contributed by atoms with van der Waals surface area (Å²) >= 11 is 0. The predicted molar refractivity (Wildman–Crippen MR) is 71.3 cm³/mol. The minimum atomic E-state index is -3.34. The highest BCUT2D eigenvalue weighted by atomic mass is 32.2. The van der Waals surface area contributed by atoms with E-state index in [9.17, 15) is 12.6 Å². The van der Waals surface area contributed by atoms with Gasteiger partial charge in [0.15, 0.2) is 0 Å². The highest BCUT2D eigenvalue weighted by Crippen LogP contribution is 2.22. The molecular weight excluding hydrogens is 274 g/mol. The van der Waals surface area contributed by atoms with Gasteiger partial charge in [-0.1, -0.05) is 6.92 Å². The Morgan fingerprint density at radius 3 is 2.39 bits per heavy atom. The minimum absolute atomic E-state index is 0.0107. The van der Waals surface area contributed by atoms with Crippen molar-refractivity contribution in [1.29, 1.82) is 0 Å². The van der Waals surface area contributed by atoms with Crippen molar-refractivity contribution in [2.45, 2.75) is 43.6 Å². The van der Waals surface area contributed by atoms with E-state index in [0.29, 0.717) is 12.2 Å². The first-order chi connectivity index (χ1) is 8.25. The standard InChI is InChI=1S/C11H19NO4S2/c1-5-9(12-17(13)8(2)3)10-6-7-11(16-10)18(4,14)15/h6-9,12H,5H2,1-4H3/t9?,17-/m0/s1. The number of sulfone groups is 1. The SMILES string of the molecule is CCC(N[S@@](=O)C(C)C)c1ccc(S(C)(=O)=O)o1. The molecule has 0 aliphatic carbocycles. The summed E-state index contributed by atoms with van der Waals surface area (Å²) in [6.07, 6.45) is 1.76. The van der Waals surface area contributed by atoms with E-state index < -0.39 is 20.8 Å². The van der Waals surface area contributed by atoms with Gasteiger partial charge < -0.3 is 4.42 Å². The molecule has 0 bridgehead atoms. The van der Waals surface area contributed by atoms with Gasteiger partial charge in [0.1, 0.15) is 5.76 Å². The Bertz CT molecular complexity index is 519. The largest absolute Gasteiger partial charge is 0.448 e. The molecule has 0 aliphatic rings. The summed E-state index contributed by atoms with van der Waals surface area (Å²) in [4.78, 5) is 0. The predicted octanol–water partition coefficient (Wildman–Crippen LogP) is 1.80. The quantitative estimate of drug-likeness (QED) is 0.867. The van der Waals surface area contributed by atoms with Gasteiger partial charge >= 0.3 is 0 Å². The summed E-state index contributed by atoms with van der Waals surface area (Å²) in [7, 11) is -4.51. The van der Waals surface area contributed by atoms with Gasteiger partial charge in [0, 0.05) is 11.5 Å². The van der Waals surface area contributed by atoms with Crippen LogP contribution >= 0.6 is 0 Å². The van der Waals surface area contributed by atoms with Crippen molar-refractivity contribution < 1.29 is 17.0 Å². The van der Waals surface area contributed by atoms with E-state index in [-0.39, 0.29) is 16.4 Å². The zero-order chi connectivity index (χ0) is 13.9. The summed E-state index contributed by atoms with van der Waals surface area (Å²) in [5, 5.41) is -0.0727. The van der Waals surface area contributed by atoms with Gasteiger partial charge in [0.25, 0.3) is 0 Å². The summed E-state index contributed by atoms with van der Waals surface area (Å²) in [6, 6.07) is 2.78. The van der Waals surface area contributed by atoms with Crippen molar-refractivity contribution in [1.82, 2.24) is 4.72 Å². The van der Waals surface area contributed by atoms with Gasteiger partial charge in [-0.15, -0.1) is 0 Å². The van der Waals surface area contributed by atoms with Crippen LogP contribution in [0.2, 0.25) is 0 Å². The number of hydrogen-bond donors (Lipinski definition) is 1. The van der Waals surface area contributed by atoms with Gasteiger partial charge in [-0.25, -0.2) is 17.3 Å². The van der Waals surface area contributed by atoms with Crippen molar-refractivity contribution in [2.75, 3.05) is 6.26 Å². The van der Waals surface area contributed by atoms with Crippen LogP contribution in [0.1, 0.15) is 39.0 Å². The van der Waals surface area contributed by atoms with E-state index in [0.717, 1.165) is 6.26 Å². The summed E-state index contributed by atoms with van der Waals surface area (Å²) in [5.74, 6) is 0.493. The van der Waals surface area contributed by atoms with Crippen LogP contribution in [0.3, 0.4) is 0 Å². The molecule has 0 saturated carbocycles. The smallest absolute Gasteiger partial charge is 0.217 e. The van der Waals surface area contributed by atoms with E-state index in [2.05, 4.69) is 4.72 Å². The molecule has 2 atom stereocenters. The molecule has 0 spiro atoms. The maximum Gasteiger partial charge on any atom is 0.217 e. The maximum absolute atomic E-state index is 11.7. The Morgan fingerprint density at radius 2 is 2.00 bits per heavy atom. The number of rotatable bonds is 6. The highest BCUT2D eigenvalue weighted by molar-refractivity contribution is 7.90. The third-order valence-corrected chi connectivity index (χ3v) is 4.73. The molecular formula is C11H19NO4S2. The van der Waals surface area contributed by atoms with Gasteiger partial charge in [0.05, 0.1) is 17.0 Å². The molecule has 1 rings (SSSR count). The fourth-order valence-electron chi connectivity index (χ4n) is 1.34. The molecule has 104 valence electrons. The third-order valence-electron chi connectivity index (χ3n) is 2.41. The monoisotopic (exact) mass is 293 g/mol. The van der Waals surface area contributed by atoms with Crippen LogP contribution in [0, 0.1) is 0 Å². The Hall–Kier alpha value is -0.660. The average Bonchev–Trinajstić information content (AvgIpc) is 2.73. The van der Waals surface area contributed by atoms with Crippen LogP contribution in [0.15, 0.2) is 21.6 Å². The summed E-state index contributed by atoms with van der Waals surface area (Å²) in [6.45, 7) is 5.61. The molecule has 5 nitrogen and oxygen atoms in total. The molecule has 1 aromatic heterocycles. The van der Waals surface area contributed by atoms with E-state index in [1.54, 1.807) is 6.07 Å². The molecule has 0 aromatic carbocycles. The van der Waals surface area contributed by atoms with Crippen LogP contribution in [-0.4, -0.2) is 24.1 Å². The first-order valence-corrected chi connectivity index (χ1v) is 8.82. The lowest BCUT2D eigenvalue weighted by molar-refractivity contribution is 0.379. The summed E-state index contributed by atoms with van der Waals surface area (Å²) < 4.78 is 42.6. The molecule has 1 heterocycles. The van der Waals surface area contributed by atoms with Crippen LogP contribution in [-0.2, 0) is 20.8 Å². The van der Waals surface area contributed by atoms with Crippen LogP contribution in [0.4, 0.5) is 0 Å². The zero-order valence-corrected chi connectivity index (χ0v) is 12.6. The Morgan fingerprint density at radius 1 is 1.39 bits per heavy atom. The molecule has 7 heteroatoms. The van der Waals surface area contributed by atoms with Gasteiger partial charge in [-0.2, -0.15) is 0 Å². The second-order valence-electron chi connectivity index (χ2n) is 4.35. The molecule has 1 unspecified atom stereocenters. The van der Waals surface area contributed by atoms with Crippen LogP contribution < -0.4 is 4.72 Å². The normalized spacial score (nSPS) is 15.8. The van der Waals surface area contributed by atoms with E-state index >= 15 is 0 Å². The molecule has 0 fully saturated rings. The summed E-state index contributed by atoms with van der Waals surface area (Å²) in [5.41, 5.74) is 0. The van der Waals surface area contributed by atoms with Crippen molar-refractivity contribution in [3.05, 3.63) is 17.9 Å². The number of furan rings is 1. The van der Waals surface area contributed by atoms with E-state index in [1.165, 1.54) is 6.07 Å². The average molecular weight is 293 g/mol. The number of nitrogens with one attached hydrogen (secondary N) is 1. The van der Waals surface area contributed by atoms with Crippen molar-refractivity contribution in [2.24, 2.45) is 0 Å². The van der Waals surface area contributed by atoms with Crippen molar-refractivity contribution in [3.63, 3.8) is 0 Å². The topological polar surface area (TPSA) is 76.4 Å². The van der Waals surface area contributed by atoms with E-state index in [1.807, 2.05) is 20.8 Å². The van der Waals surface area contributed by atoms with Crippen LogP contribution in [0.25, 0.3) is 0 Å². The molecule has 18 heavy (non-hydrogen) atoms. The molecule has 0 radical (unpaired) electrons.